The number of rotatable bonds is 2. The van der Waals surface area contributed by atoms with Crippen LogP contribution in [0.4, 0.5) is 0 Å². The first kappa shape index (κ1) is 15.9. The van der Waals surface area contributed by atoms with Crippen LogP contribution in [0.1, 0.15) is 13.8 Å². The fraction of sp³-hybridized carbons (Fsp3) is 0.571. The molecule has 2 unspecified atom stereocenters. The zero-order chi connectivity index (χ0) is 15.9. The Morgan fingerprint density at radius 2 is 1.86 bits per heavy atom. The monoisotopic (exact) mass is 346 g/mol. The molecule has 2 aliphatic heterocycles. The lowest BCUT2D eigenvalue weighted by Crippen LogP contribution is -2.57. The highest BCUT2D eigenvalue weighted by atomic mass is 35.5. The van der Waals surface area contributed by atoms with Gasteiger partial charge in [0.05, 0.1) is 5.02 Å². The van der Waals surface area contributed by atoms with Gasteiger partial charge in [0.25, 0.3) is 0 Å². The van der Waals surface area contributed by atoms with E-state index in [9.17, 15) is 8.42 Å². The molecule has 8 heteroatoms. The largest absolute Gasteiger partial charge is 0.486 e. The van der Waals surface area contributed by atoms with Crippen LogP contribution in [0.15, 0.2) is 17.0 Å². The lowest BCUT2D eigenvalue weighted by Gasteiger charge is -2.37. The fourth-order valence-corrected chi connectivity index (χ4v) is 4.95. The minimum absolute atomic E-state index is 0.0689. The van der Waals surface area contributed by atoms with Gasteiger partial charge in [-0.2, -0.15) is 4.31 Å². The fourth-order valence-electron chi connectivity index (χ4n) is 2.73. The molecule has 2 aliphatic rings. The molecular weight excluding hydrogens is 328 g/mol. The third-order valence-electron chi connectivity index (χ3n) is 4.16. The van der Waals surface area contributed by atoms with E-state index in [0.717, 1.165) is 0 Å². The van der Waals surface area contributed by atoms with Crippen LogP contribution < -0.4 is 14.8 Å². The molecule has 6 nitrogen and oxygen atoms in total. The molecule has 2 atom stereocenters. The van der Waals surface area contributed by atoms with Gasteiger partial charge in [0, 0.05) is 37.3 Å². The Balaban J connectivity index is 2.02. The first-order valence-electron chi connectivity index (χ1n) is 7.25. The smallest absolute Gasteiger partial charge is 0.245 e. The quantitative estimate of drug-likeness (QED) is 0.878. The Bertz CT molecular complexity index is 680. The normalized spacial score (nSPS) is 26.0. The summed E-state index contributed by atoms with van der Waals surface area (Å²) in [5, 5.41) is 3.42. The van der Waals surface area contributed by atoms with Gasteiger partial charge in [0.2, 0.25) is 10.0 Å². The predicted molar refractivity (Wildman–Crippen MR) is 83.3 cm³/mol. The molecule has 1 N–H and O–H groups in total. The molecule has 0 amide bonds. The number of ether oxygens (including phenoxy) is 2. The van der Waals surface area contributed by atoms with Gasteiger partial charge in [-0.15, -0.1) is 0 Å². The van der Waals surface area contributed by atoms with Crippen molar-refractivity contribution in [1.82, 2.24) is 9.62 Å². The highest BCUT2D eigenvalue weighted by Gasteiger charge is 2.36. The van der Waals surface area contributed by atoms with Crippen molar-refractivity contribution < 1.29 is 17.9 Å². The summed E-state index contributed by atoms with van der Waals surface area (Å²) in [5.41, 5.74) is 0. The van der Waals surface area contributed by atoms with Crippen LogP contribution in [0.2, 0.25) is 5.02 Å². The SMILES string of the molecule is CC1NCCN(S(=O)(=O)c2cc3c(cc2Cl)OCCO3)C1C. The molecule has 1 saturated heterocycles. The maximum Gasteiger partial charge on any atom is 0.245 e. The summed E-state index contributed by atoms with van der Waals surface area (Å²) in [6.45, 7) is 5.72. The van der Waals surface area contributed by atoms with Crippen molar-refractivity contribution in [3.63, 3.8) is 0 Å². The number of hydrogen-bond donors (Lipinski definition) is 1. The molecular formula is C14H19ClN2O4S. The molecule has 2 heterocycles. The molecule has 3 rings (SSSR count). The van der Waals surface area contributed by atoms with Crippen molar-refractivity contribution in [3.8, 4) is 11.5 Å². The van der Waals surface area contributed by atoms with Crippen LogP contribution in [0.25, 0.3) is 0 Å². The number of hydrogen-bond acceptors (Lipinski definition) is 5. The Kier molecular flexibility index (Phi) is 4.24. The number of halogens is 1. The Morgan fingerprint density at radius 1 is 1.23 bits per heavy atom. The van der Waals surface area contributed by atoms with Gasteiger partial charge in [0.1, 0.15) is 18.1 Å². The van der Waals surface area contributed by atoms with Gasteiger partial charge in [0.15, 0.2) is 11.5 Å². The third kappa shape index (κ3) is 2.67. The zero-order valence-corrected chi connectivity index (χ0v) is 14.1. The van der Waals surface area contributed by atoms with Gasteiger partial charge >= 0.3 is 0 Å². The van der Waals surface area contributed by atoms with Crippen LogP contribution in [0.3, 0.4) is 0 Å². The summed E-state index contributed by atoms with van der Waals surface area (Å²) >= 11 is 6.19. The summed E-state index contributed by atoms with van der Waals surface area (Å²) in [7, 11) is -3.68. The summed E-state index contributed by atoms with van der Waals surface area (Å²) in [6, 6.07) is 2.91. The maximum atomic E-state index is 13.0. The second-order valence-corrected chi connectivity index (χ2v) is 7.79. The highest BCUT2D eigenvalue weighted by Crippen LogP contribution is 2.38. The topological polar surface area (TPSA) is 67.9 Å². The van der Waals surface area contributed by atoms with E-state index in [0.29, 0.717) is 37.8 Å². The van der Waals surface area contributed by atoms with Gasteiger partial charge in [-0.1, -0.05) is 11.6 Å². The molecule has 0 bridgehead atoms. The number of nitrogens with one attached hydrogen (secondary N) is 1. The number of sulfonamides is 1. The van der Waals surface area contributed by atoms with Crippen molar-refractivity contribution in [2.45, 2.75) is 30.8 Å². The second kappa shape index (κ2) is 5.88. The van der Waals surface area contributed by atoms with Gasteiger partial charge in [-0.3, -0.25) is 0 Å². The molecule has 1 fully saturated rings. The van der Waals surface area contributed by atoms with E-state index in [2.05, 4.69) is 5.32 Å². The first-order valence-corrected chi connectivity index (χ1v) is 9.07. The summed E-state index contributed by atoms with van der Waals surface area (Å²) < 4.78 is 38.3. The van der Waals surface area contributed by atoms with Gasteiger partial charge in [-0.05, 0) is 13.8 Å². The van der Waals surface area contributed by atoms with E-state index < -0.39 is 10.0 Å². The molecule has 122 valence electrons. The summed E-state index contributed by atoms with van der Waals surface area (Å²) in [6.07, 6.45) is 0. The van der Waals surface area contributed by atoms with E-state index in [4.69, 9.17) is 21.1 Å². The Hall–Kier alpha value is -1.02. The van der Waals surface area contributed by atoms with Crippen LogP contribution in [-0.4, -0.2) is 51.1 Å². The third-order valence-corrected chi connectivity index (χ3v) is 6.61. The van der Waals surface area contributed by atoms with E-state index in [1.54, 1.807) is 0 Å². The van der Waals surface area contributed by atoms with Crippen LogP contribution >= 0.6 is 11.6 Å². The van der Waals surface area contributed by atoms with E-state index in [1.807, 2.05) is 13.8 Å². The molecule has 0 saturated carbocycles. The Labute approximate surface area is 135 Å². The van der Waals surface area contributed by atoms with Crippen LogP contribution in [-0.2, 0) is 10.0 Å². The number of piperazine rings is 1. The summed E-state index contributed by atoms with van der Waals surface area (Å²) in [4.78, 5) is 0.0689. The minimum Gasteiger partial charge on any atom is -0.486 e. The van der Waals surface area contributed by atoms with Crippen molar-refractivity contribution in [2.75, 3.05) is 26.3 Å². The zero-order valence-electron chi connectivity index (χ0n) is 12.5. The van der Waals surface area contributed by atoms with Crippen molar-refractivity contribution in [2.24, 2.45) is 0 Å². The van der Waals surface area contributed by atoms with Gasteiger partial charge < -0.3 is 14.8 Å². The molecule has 0 aliphatic carbocycles. The van der Waals surface area contributed by atoms with E-state index >= 15 is 0 Å². The average Bonchev–Trinajstić information content (AvgIpc) is 2.49. The number of benzene rings is 1. The average molecular weight is 347 g/mol. The predicted octanol–water partition coefficient (Wildman–Crippen LogP) is 1.48. The van der Waals surface area contributed by atoms with Crippen molar-refractivity contribution in [1.29, 1.82) is 0 Å². The van der Waals surface area contributed by atoms with Gasteiger partial charge in [-0.25, -0.2) is 8.42 Å². The first-order chi connectivity index (χ1) is 10.4. The number of fused-ring (bicyclic) bond motifs is 1. The number of nitrogens with zero attached hydrogens (tertiary/aromatic N) is 1. The molecule has 0 aromatic heterocycles. The standard InChI is InChI=1S/C14H19ClN2O4S/c1-9-10(2)17(4-3-16-9)22(18,19)14-8-13-12(7-11(14)15)20-5-6-21-13/h7-10,16H,3-6H2,1-2H3. The van der Waals surface area contributed by atoms with E-state index in [-0.39, 0.29) is 22.0 Å². The summed E-state index contributed by atoms with van der Waals surface area (Å²) in [5.74, 6) is 0.905. The van der Waals surface area contributed by atoms with E-state index in [1.165, 1.54) is 16.4 Å². The lowest BCUT2D eigenvalue weighted by atomic mass is 10.1. The lowest BCUT2D eigenvalue weighted by molar-refractivity contribution is 0.171. The highest BCUT2D eigenvalue weighted by molar-refractivity contribution is 7.89. The van der Waals surface area contributed by atoms with Crippen molar-refractivity contribution in [3.05, 3.63) is 17.2 Å². The molecule has 22 heavy (non-hydrogen) atoms. The van der Waals surface area contributed by atoms with Crippen LogP contribution in [0.5, 0.6) is 11.5 Å². The Morgan fingerprint density at radius 3 is 2.55 bits per heavy atom. The second-order valence-electron chi connectivity index (χ2n) is 5.53. The maximum absolute atomic E-state index is 13.0. The van der Waals surface area contributed by atoms with Crippen LogP contribution in [0, 0.1) is 0 Å². The molecule has 1 aromatic rings. The molecule has 0 spiro atoms. The molecule has 1 aromatic carbocycles. The molecule has 0 radical (unpaired) electrons. The minimum atomic E-state index is -3.68. The van der Waals surface area contributed by atoms with Crippen molar-refractivity contribution >= 4 is 21.6 Å².